The highest BCUT2D eigenvalue weighted by Gasteiger charge is 2.53. The van der Waals surface area contributed by atoms with Crippen molar-refractivity contribution in [2.75, 3.05) is 34.3 Å². The first kappa shape index (κ1) is 56.3. The van der Waals surface area contributed by atoms with E-state index in [1.807, 2.05) is 51.9 Å². The van der Waals surface area contributed by atoms with Crippen LogP contribution in [0.4, 0.5) is 0 Å². The Morgan fingerprint density at radius 1 is 0.971 bits per heavy atom. The molecule has 6 rings (SSSR count). The molecule has 3 aliphatic heterocycles. The predicted octanol–water partition coefficient (Wildman–Crippen LogP) is 4.14. The number of carbonyl (C=O) groups excluding carboxylic acids is 1. The predicted molar refractivity (Wildman–Crippen MR) is 263 cm³/mol. The molecule has 3 aromatic rings. The van der Waals surface area contributed by atoms with Crippen LogP contribution in [0.25, 0.3) is 5.69 Å². The smallest absolute Gasteiger partial charge is 0.311 e. The molecule has 3 saturated heterocycles. The third-order valence-electron chi connectivity index (χ3n) is 15.4. The van der Waals surface area contributed by atoms with Gasteiger partial charge < -0.3 is 63.8 Å². The van der Waals surface area contributed by atoms with Crippen molar-refractivity contribution >= 4 is 17.3 Å². The van der Waals surface area contributed by atoms with Gasteiger partial charge in [0.15, 0.2) is 12.6 Å². The summed E-state index contributed by atoms with van der Waals surface area (Å²) < 4.78 is 40.1. The van der Waals surface area contributed by atoms with Crippen LogP contribution >= 0.6 is 11.3 Å². The summed E-state index contributed by atoms with van der Waals surface area (Å²) in [5.74, 6) is -2.73. The minimum Gasteiger partial charge on any atom is -0.459 e. The highest BCUT2D eigenvalue weighted by atomic mass is 32.1. The Labute approximate surface area is 418 Å². The first-order valence-electron chi connectivity index (χ1n) is 25.0. The van der Waals surface area contributed by atoms with Gasteiger partial charge in [-0.2, -0.15) is 0 Å². The van der Waals surface area contributed by atoms with Gasteiger partial charge in [0.25, 0.3) is 0 Å². The average molecular weight is 1000 g/mol. The summed E-state index contributed by atoms with van der Waals surface area (Å²) in [6.07, 6.45) is -4.03. The van der Waals surface area contributed by atoms with Crippen molar-refractivity contribution in [3.05, 3.63) is 58.3 Å². The maximum absolute atomic E-state index is 14.5. The van der Waals surface area contributed by atoms with E-state index >= 15 is 0 Å². The van der Waals surface area contributed by atoms with E-state index in [0.717, 1.165) is 22.0 Å². The summed E-state index contributed by atoms with van der Waals surface area (Å²) in [6.45, 7) is 18.7. The second-order valence-electron chi connectivity index (χ2n) is 21.4. The maximum atomic E-state index is 14.5. The van der Waals surface area contributed by atoms with Crippen LogP contribution in [0.3, 0.4) is 0 Å². The zero-order valence-corrected chi connectivity index (χ0v) is 44.4. The zero-order chi connectivity index (χ0) is 51.5. The Morgan fingerprint density at radius 3 is 2.31 bits per heavy atom. The SMILES string of the molecule is CC[C@H]1OC(=O)[C@H](C)[C@@H](O[C@H]2C[C@@](C)(OC)[C@@H](O)[C@H](C)O2)[C@H](C)[C@@H](O[C@@H]2O[C@H](C)C[C@H](N(C)CCc3csc(Cc4ccc(-n5ccnn5)cc4)n3)[C@H]2O)[C@](C)(O)C[C@@H](C)CN(C)[C@H](C)[C@@H](O)[C@]1(C)O. The number of carbonyl (C=O) groups is 1. The number of esters is 1. The van der Waals surface area contributed by atoms with Crippen molar-refractivity contribution in [1.82, 2.24) is 29.8 Å². The molecular weight excluding hydrogens is 921 g/mol. The Bertz CT molecular complexity index is 2100. The summed E-state index contributed by atoms with van der Waals surface area (Å²) in [4.78, 5) is 23.5. The number of rotatable bonds is 13. The molecule has 18 nitrogen and oxygen atoms in total. The summed E-state index contributed by atoms with van der Waals surface area (Å²) in [5.41, 5.74) is -1.47. The third-order valence-corrected chi connectivity index (χ3v) is 16.3. The van der Waals surface area contributed by atoms with Crippen molar-refractivity contribution in [1.29, 1.82) is 0 Å². The largest absolute Gasteiger partial charge is 0.459 e. The van der Waals surface area contributed by atoms with Crippen molar-refractivity contribution in [3.8, 4) is 5.69 Å². The Kier molecular flexibility index (Phi) is 18.9. The number of methoxy groups -OCH3 is 1. The quantitative estimate of drug-likeness (QED) is 0.152. The molecule has 2 aromatic heterocycles. The number of thiazole rings is 1. The molecule has 18 atom stereocenters. The molecule has 0 amide bonds. The fraction of sp³-hybridized carbons (Fsp3) is 0.765. The Balaban J connectivity index is 1.25. The molecule has 0 unspecified atom stereocenters. The minimum atomic E-state index is -1.83. The molecule has 0 bridgehead atoms. The molecule has 0 radical (unpaired) electrons. The Morgan fingerprint density at radius 2 is 1.67 bits per heavy atom. The van der Waals surface area contributed by atoms with Gasteiger partial charge in [-0.25, -0.2) is 9.67 Å². The highest BCUT2D eigenvalue weighted by Crippen LogP contribution is 2.40. The van der Waals surface area contributed by atoms with Crippen LogP contribution in [0.5, 0.6) is 0 Å². The number of aliphatic hydroxyl groups is 5. The Hall–Kier alpha value is -3.02. The number of ether oxygens (including phenoxy) is 6. The van der Waals surface area contributed by atoms with Crippen LogP contribution in [0.15, 0.2) is 42.0 Å². The van der Waals surface area contributed by atoms with Crippen molar-refractivity contribution < 1.29 is 58.7 Å². The lowest BCUT2D eigenvalue weighted by Gasteiger charge is -2.49. The first-order valence-corrected chi connectivity index (χ1v) is 25.9. The minimum absolute atomic E-state index is 0.110. The molecule has 19 heteroatoms. The van der Waals surface area contributed by atoms with E-state index in [1.54, 1.807) is 70.0 Å². The van der Waals surface area contributed by atoms with Gasteiger partial charge in [0.2, 0.25) is 0 Å². The molecule has 3 fully saturated rings. The van der Waals surface area contributed by atoms with E-state index in [1.165, 1.54) is 14.0 Å². The maximum Gasteiger partial charge on any atom is 0.311 e. The molecule has 394 valence electrons. The van der Waals surface area contributed by atoms with Gasteiger partial charge in [0, 0.05) is 62.8 Å². The van der Waals surface area contributed by atoms with E-state index < -0.39 is 96.0 Å². The number of aromatic nitrogens is 4. The molecule has 70 heavy (non-hydrogen) atoms. The van der Waals surface area contributed by atoms with Crippen LogP contribution in [-0.4, -0.2) is 186 Å². The van der Waals surface area contributed by atoms with Crippen LogP contribution < -0.4 is 0 Å². The van der Waals surface area contributed by atoms with Gasteiger partial charge in [-0.05, 0) is 105 Å². The second-order valence-corrected chi connectivity index (χ2v) is 22.3. The molecular formula is C51H82N6O12S. The molecule has 5 N–H and O–H groups in total. The van der Waals surface area contributed by atoms with Gasteiger partial charge in [-0.1, -0.05) is 38.1 Å². The van der Waals surface area contributed by atoms with Gasteiger partial charge in [-0.15, -0.1) is 16.4 Å². The lowest BCUT2D eigenvalue weighted by atomic mass is 9.77. The van der Waals surface area contributed by atoms with Crippen LogP contribution in [0.2, 0.25) is 0 Å². The van der Waals surface area contributed by atoms with E-state index in [4.69, 9.17) is 33.4 Å². The van der Waals surface area contributed by atoms with Crippen molar-refractivity contribution in [3.63, 3.8) is 0 Å². The van der Waals surface area contributed by atoms with Gasteiger partial charge in [-0.3, -0.25) is 4.79 Å². The molecule has 0 saturated carbocycles. The first-order chi connectivity index (χ1) is 32.9. The van der Waals surface area contributed by atoms with Crippen LogP contribution in [-0.2, 0) is 46.1 Å². The third kappa shape index (κ3) is 13.0. The topological polar surface area (TPSA) is 224 Å². The number of hydrogen-bond donors (Lipinski definition) is 5. The lowest BCUT2D eigenvalue weighted by molar-refractivity contribution is -0.318. The molecule has 1 aromatic carbocycles. The van der Waals surface area contributed by atoms with Gasteiger partial charge >= 0.3 is 5.97 Å². The second kappa shape index (κ2) is 23.5. The normalized spacial score (nSPS) is 39.9. The lowest BCUT2D eigenvalue weighted by Crippen LogP contribution is -2.61. The van der Waals surface area contributed by atoms with Crippen molar-refractivity contribution in [2.45, 2.75) is 198 Å². The highest BCUT2D eigenvalue weighted by molar-refractivity contribution is 7.09. The molecule has 0 aliphatic carbocycles. The summed E-state index contributed by atoms with van der Waals surface area (Å²) in [6, 6.07) is 7.22. The number of hydrogen-bond acceptors (Lipinski definition) is 18. The summed E-state index contributed by atoms with van der Waals surface area (Å²) >= 11 is 1.62. The van der Waals surface area contributed by atoms with Crippen molar-refractivity contribution in [2.24, 2.45) is 17.8 Å². The average Bonchev–Trinajstić information content (AvgIpc) is 4.02. The van der Waals surface area contributed by atoms with E-state index in [-0.39, 0.29) is 37.3 Å². The standard InChI is InChI=1S/C51H82N6O12S/c1-14-39-51(10,63)44(59)33(6)56(12)27-29(2)25-49(8,62)46(31(4)43(32(5)47(61)67-39)68-41-26-50(9,64-13)45(60)34(7)66-41)69-48-42(58)38(23-30(3)65-48)55(11)21-19-36-28-70-40(53-36)24-35-15-17-37(18-16-35)57-22-20-52-54-57/h15-18,20,22,28-34,38-39,41-46,48,58-60,62-63H,14,19,21,23-27H2,1-13H3/t29-,30-,31+,32-,33-,34+,38+,39-,41+,42-,43+,44-,45+,46-,48+,49-,50-,51-/m1/s1. The number of benzene rings is 1. The fourth-order valence-electron chi connectivity index (χ4n) is 10.9. The van der Waals surface area contributed by atoms with E-state index in [9.17, 15) is 30.3 Å². The number of nitrogens with zero attached hydrogens (tertiary/aromatic N) is 6. The molecule has 5 heterocycles. The number of cyclic esters (lactones) is 1. The van der Waals surface area contributed by atoms with E-state index in [2.05, 4.69) is 32.7 Å². The number of aliphatic hydroxyl groups excluding tert-OH is 3. The summed E-state index contributed by atoms with van der Waals surface area (Å²) in [7, 11) is 5.33. The molecule has 0 spiro atoms. The van der Waals surface area contributed by atoms with E-state index in [0.29, 0.717) is 32.4 Å². The number of likely N-dealkylation sites (N-methyl/N-ethyl adjacent to an activating group) is 2. The monoisotopic (exact) mass is 1000 g/mol. The van der Waals surface area contributed by atoms with Crippen LogP contribution in [0.1, 0.15) is 111 Å². The summed E-state index contributed by atoms with van der Waals surface area (Å²) in [5, 5.41) is 70.7. The van der Waals surface area contributed by atoms with Gasteiger partial charge in [0.1, 0.15) is 30.0 Å². The van der Waals surface area contributed by atoms with Gasteiger partial charge in [0.05, 0.1) is 70.3 Å². The van der Waals surface area contributed by atoms with Crippen LogP contribution in [0, 0.1) is 17.8 Å². The molecule has 3 aliphatic rings. The fourth-order valence-corrected chi connectivity index (χ4v) is 11.8. The zero-order valence-electron chi connectivity index (χ0n) is 43.5.